The first-order chi connectivity index (χ1) is 9.70. The summed E-state index contributed by atoms with van der Waals surface area (Å²) in [7, 11) is 1.70. The number of aliphatic hydroxyl groups excluding tert-OH is 1. The average Bonchev–Trinajstić information content (AvgIpc) is 2.46. The summed E-state index contributed by atoms with van der Waals surface area (Å²) in [6.07, 6.45) is 2.04. The maximum atomic E-state index is 11.9. The summed E-state index contributed by atoms with van der Waals surface area (Å²) < 4.78 is 5.00. The zero-order chi connectivity index (χ0) is 14.8. The number of rotatable bonds is 9. The van der Waals surface area contributed by atoms with Crippen LogP contribution in [0, 0.1) is 6.92 Å². The number of hydrogen-bond acceptors (Lipinski definition) is 4. The molecule has 0 saturated carbocycles. The van der Waals surface area contributed by atoms with E-state index < -0.39 is 0 Å². The molecule has 0 spiro atoms. The topological polar surface area (TPSA) is 70.6 Å². The van der Waals surface area contributed by atoms with Gasteiger partial charge in [0.15, 0.2) is 0 Å². The van der Waals surface area contributed by atoms with Crippen molar-refractivity contribution >= 4 is 11.6 Å². The van der Waals surface area contributed by atoms with Crippen molar-refractivity contribution in [2.45, 2.75) is 19.8 Å². The Balaban J connectivity index is 2.58. The lowest BCUT2D eigenvalue weighted by Gasteiger charge is -2.13. The summed E-state index contributed by atoms with van der Waals surface area (Å²) in [6.45, 7) is 3.76. The molecule has 0 aliphatic heterocycles. The smallest absolute Gasteiger partial charge is 0.251 e. The van der Waals surface area contributed by atoms with Crippen LogP contribution in [0.15, 0.2) is 18.2 Å². The van der Waals surface area contributed by atoms with Gasteiger partial charge in [-0.05, 0) is 37.5 Å². The van der Waals surface area contributed by atoms with Crippen molar-refractivity contribution < 1.29 is 14.6 Å². The summed E-state index contributed by atoms with van der Waals surface area (Å²) >= 11 is 0. The van der Waals surface area contributed by atoms with E-state index in [2.05, 4.69) is 10.6 Å². The predicted octanol–water partition coefficient (Wildman–Crippen LogP) is 1.56. The molecule has 5 heteroatoms. The molecular formula is C15H24N2O3. The lowest BCUT2D eigenvalue weighted by molar-refractivity contribution is 0.0944. The van der Waals surface area contributed by atoms with E-state index in [9.17, 15) is 4.79 Å². The number of amides is 1. The fourth-order valence-electron chi connectivity index (χ4n) is 1.93. The fourth-order valence-corrected chi connectivity index (χ4v) is 1.93. The molecule has 0 heterocycles. The van der Waals surface area contributed by atoms with E-state index in [0.717, 1.165) is 37.2 Å². The summed E-state index contributed by atoms with van der Waals surface area (Å²) in [6, 6.07) is 5.62. The van der Waals surface area contributed by atoms with Gasteiger partial charge in [0.25, 0.3) is 5.91 Å². The third kappa shape index (κ3) is 5.19. The lowest BCUT2D eigenvalue weighted by atomic mass is 10.1. The summed E-state index contributed by atoms with van der Waals surface area (Å²) in [5, 5.41) is 14.7. The Morgan fingerprint density at radius 2 is 2.10 bits per heavy atom. The largest absolute Gasteiger partial charge is 0.395 e. The second kappa shape index (κ2) is 9.34. The van der Waals surface area contributed by atoms with Crippen LogP contribution >= 0.6 is 0 Å². The number of unbranched alkanes of at least 4 members (excludes halogenated alkanes) is 1. The first kappa shape index (κ1) is 16.5. The molecule has 1 aromatic rings. The number of benzene rings is 1. The van der Waals surface area contributed by atoms with E-state index in [1.807, 2.05) is 19.1 Å². The average molecular weight is 280 g/mol. The monoisotopic (exact) mass is 280 g/mol. The molecule has 0 aliphatic carbocycles. The molecule has 0 aliphatic rings. The van der Waals surface area contributed by atoms with Crippen molar-refractivity contribution in [1.29, 1.82) is 0 Å². The van der Waals surface area contributed by atoms with Crippen LogP contribution in [0.3, 0.4) is 0 Å². The van der Waals surface area contributed by atoms with Gasteiger partial charge < -0.3 is 20.5 Å². The maximum Gasteiger partial charge on any atom is 0.251 e. The van der Waals surface area contributed by atoms with Gasteiger partial charge >= 0.3 is 0 Å². The lowest BCUT2D eigenvalue weighted by Crippen LogP contribution is -2.27. The summed E-state index contributed by atoms with van der Waals surface area (Å²) in [5.41, 5.74) is 2.54. The quantitative estimate of drug-likeness (QED) is 0.600. The maximum absolute atomic E-state index is 11.9. The first-order valence-electron chi connectivity index (χ1n) is 6.92. The van der Waals surface area contributed by atoms with Crippen LogP contribution in [0.1, 0.15) is 28.8 Å². The van der Waals surface area contributed by atoms with Gasteiger partial charge in [-0.2, -0.15) is 0 Å². The normalized spacial score (nSPS) is 10.3. The molecule has 0 atom stereocenters. The highest BCUT2D eigenvalue weighted by molar-refractivity contribution is 5.97. The van der Waals surface area contributed by atoms with Crippen LogP contribution in [-0.4, -0.2) is 44.4 Å². The molecule has 1 amide bonds. The number of anilines is 1. The molecule has 0 aromatic heterocycles. The van der Waals surface area contributed by atoms with Crippen molar-refractivity contribution in [3.63, 3.8) is 0 Å². The van der Waals surface area contributed by atoms with Crippen molar-refractivity contribution in [3.05, 3.63) is 29.3 Å². The summed E-state index contributed by atoms with van der Waals surface area (Å²) in [4.78, 5) is 11.9. The van der Waals surface area contributed by atoms with Gasteiger partial charge in [-0.15, -0.1) is 0 Å². The van der Waals surface area contributed by atoms with Gasteiger partial charge in [-0.1, -0.05) is 6.07 Å². The number of aliphatic hydroxyl groups is 1. The van der Waals surface area contributed by atoms with E-state index in [1.165, 1.54) is 0 Å². The van der Waals surface area contributed by atoms with E-state index in [-0.39, 0.29) is 19.1 Å². The third-order valence-corrected chi connectivity index (χ3v) is 3.07. The number of hydrogen-bond donors (Lipinski definition) is 3. The van der Waals surface area contributed by atoms with E-state index in [1.54, 1.807) is 13.2 Å². The minimum Gasteiger partial charge on any atom is -0.395 e. The number of carbonyl (C=O) groups is 1. The van der Waals surface area contributed by atoms with Crippen molar-refractivity contribution in [3.8, 4) is 0 Å². The second-order valence-corrected chi connectivity index (χ2v) is 4.58. The Bertz CT molecular complexity index is 422. The van der Waals surface area contributed by atoms with Crippen molar-refractivity contribution in [2.75, 3.05) is 38.7 Å². The predicted molar refractivity (Wildman–Crippen MR) is 80.2 cm³/mol. The number of carbonyl (C=O) groups excluding carboxylic acids is 1. The Morgan fingerprint density at radius 3 is 2.80 bits per heavy atom. The first-order valence-corrected chi connectivity index (χ1v) is 6.92. The van der Waals surface area contributed by atoms with Gasteiger partial charge in [0.05, 0.1) is 6.61 Å². The van der Waals surface area contributed by atoms with E-state index >= 15 is 0 Å². The van der Waals surface area contributed by atoms with Crippen LogP contribution in [-0.2, 0) is 4.74 Å². The molecule has 20 heavy (non-hydrogen) atoms. The van der Waals surface area contributed by atoms with Gasteiger partial charge in [0.2, 0.25) is 0 Å². The molecule has 1 aromatic carbocycles. The van der Waals surface area contributed by atoms with Crippen LogP contribution in [0.25, 0.3) is 0 Å². The molecule has 112 valence electrons. The SMILES string of the molecule is COCCCCNc1cccc(C(=O)NCCO)c1C. The van der Waals surface area contributed by atoms with E-state index in [0.29, 0.717) is 5.56 Å². The van der Waals surface area contributed by atoms with Crippen LogP contribution in [0.5, 0.6) is 0 Å². The molecule has 0 bridgehead atoms. The highest BCUT2D eigenvalue weighted by atomic mass is 16.5. The van der Waals surface area contributed by atoms with Gasteiger partial charge in [-0.3, -0.25) is 4.79 Å². The molecular weight excluding hydrogens is 256 g/mol. The fraction of sp³-hybridized carbons (Fsp3) is 0.533. The van der Waals surface area contributed by atoms with Crippen LogP contribution < -0.4 is 10.6 Å². The highest BCUT2D eigenvalue weighted by Gasteiger charge is 2.10. The van der Waals surface area contributed by atoms with Gasteiger partial charge in [0.1, 0.15) is 0 Å². The highest BCUT2D eigenvalue weighted by Crippen LogP contribution is 2.19. The molecule has 0 unspecified atom stereocenters. The van der Waals surface area contributed by atoms with Crippen LogP contribution in [0.2, 0.25) is 0 Å². The second-order valence-electron chi connectivity index (χ2n) is 4.58. The molecule has 5 nitrogen and oxygen atoms in total. The van der Waals surface area contributed by atoms with Crippen LogP contribution in [0.4, 0.5) is 5.69 Å². The summed E-state index contributed by atoms with van der Waals surface area (Å²) in [5.74, 6) is -0.153. The molecule has 0 saturated heterocycles. The van der Waals surface area contributed by atoms with Crippen molar-refractivity contribution in [1.82, 2.24) is 5.32 Å². The molecule has 3 N–H and O–H groups in total. The minimum absolute atomic E-state index is 0.0533. The Hall–Kier alpha value is -1.59. The van der Waals surface area contributed by atoms with Gasteiger partial charge in [-0.25, -0.2) is 0 Å². The van der Waals surface area contributed by atoms with Gasteiger partial charge in [0, 0.05) is 38.1 Å². The number of nitrogens with one attached hydrogen (secondary N) is 2. The Kier molecular flexibility index (Phi) is 7.69. The Morgan fingerprint density at radius 1 is 1.30 bits per heavy atom. The molecule has 0 radical (unpaired) electrons. The zero-order valence-electron chi connectivity index (χ0n) is 12.2. The zero-order valence-corrected chi connectivity index (χ0v) is 12.2. The minimum atomic E-state index is -0.153. The standard InChI is InChI=1S/C15H24N2O3/c1-12-13(15(19)17-9-10-18)6-5-7-14(12)16-8-3-4-11-20-2/h5-7,16,18H,3-4,8-11H2,1-2H3,(H,17,19). The number of methoxy groups -OCH3 is 1. The number of ether oxygens (including phenoxy) is 1. The molecule has 0 fully saturated rings. The van der Waals surface area contributed by atoms with E-state index in [4.69, 9.17) is 9.84 Å². The van der Waals surface area contributed by atoms with Crippen molar-refractivity contribution in [2.24, 2.45) is 0 Å². The molecule has 1 rings (SSSR count). The Labute approximate surface area is 120 Å². The third-order valence-electron chi connectivity index (χ3n) is 3.07.